The van der Waals surface area contributed by atoms with E-state index in [2.05, 4.69) is 5.32 Å². The minimum absolute atomic E-state index is 0.325. The van der Waals surface area contributed by atoms with Crippen LogP contribution in [0.1, 0.15) is 17.2 Å². The van der Waals surface area contributed by atoms with Gasteiger partial charge in [0, 0.05) is 13.1 Å². The smallest absolute Gasteiger partial charge is 0.179 e. The van der Waals surface area contributed by atoms with Gasteiger partial charge in [0.25, 0.3) is 0 Å². The summed E-state index contributed by atoms with van der Waals surface area (Å²) >= 11 is 6.15. The van der Waals surface area contributed by atoms with Crippen molar-refractivity contribution in [2.45, 2.75) is 12.6 Å². The summed E-state index contributed by atoms with van der Waals surface area (Å²) in [4.78, 5) is 0. The fourth-order valence-electron chi connectivity index (χ4n) is 2.23. The molecular weight excluding hydrogens is 321 g/mol. The summed E-state index contributed by atoms with van der Waals surface area (Å²) < 4.78 is 23.3. The Morgan fingerprint density at radius 3 is 2.48 bits per heavy atom. The van der Waals surface area contributed by atoms with E-state index in [0.29, 0.717) is 35.2 Å². The molecule has 124 valence electrons. The van der Waals surface area contributed by atoms with Crippen molar-refractivity contribution in [3.05, 3.63) is 58.4 Å². The van der Waals surface area contributed by atoms with Gasteiger partial charge in [0.05, 0.1) is 25.3 Å². The topological polar surface area (TPSA) is 50.7 Å². The molecule has 0 saturated heterocycles. The number of nitrogens with one attached hydrogen (secondary N) is 1. The van der Waals surface area contributed by atoms with Gasteiger partial charge in [-0.25, -0.2) is 4.39 Å². The Bertz CT molecular complexity index is 649. The molecular formula is C17H19ClFNO3. The van der Waals surface area contributed by atoms with Crippen LogP contribution in [-0.4, -0.2) is 25.9 Å². The second kappa shape index (κ2) is 8.15. The van der Waals surface area contributed by atoms with Crippen molar-refractivity contribution < 1.29 is 19.0 Å². The largest absolute Gasteiger partial charge is 0.493 e. The Morgan fingerprint density at radius 1 is 1.17 bits per heavy atom. The molecule has 0 bridgehead atoms. The second-order valence-electron chi connectivity index (χ2n) is 5.01. The molecule has 4 nitrogen and oxygen atoms in total. The molecule has 0 fully saturated rings. The third kappa shape index (κ3) is 4.58. The molecule has 2 aromatic carbocycles. The molecule has 1 unspecified atom stereocenters. The van der Waals surface area contributed by atoms with Crippen molar-refractivity contribution in [3.63, 3.8) is 0 Å². The van der Waals surface area contributed by atoms with Gasteiger partial charge in [0.15, 0.2) is 11.5 Å². The zero-order valence-corrected chi connectivity index (χ0v) is 13.7. The van der Waals surface area contributed by atoms with Crippen LogP contribution in [0.3, 0.4) is 0 Å². The first kappa shape index (κ1) is 17.5. The van der Waals surface area contributed by atoms with E-state index < -0.39 is 6.10 Å². The number of hydrogen-bond donors (Lipinski definition) is 2. The van der Waals surface area contributed by atoms with Gasteiger partial charge in [-0.3, -0.25) is 0 Å². The lowest BCUT2D eigenvalue weighted by molar-refractivity contribution is 0.174. The highest BCUT2D eigenvalue weighted by Crippen LogP contribution is 2.35. The van der Waals surface area contributed by atoms with Crippen molar-refractivity contribution in [3.8, 4) is 11.5 Å². The lowest BCUT2D eigenvalue weighted by Crippen LogP contribution is -2.21. The Hall–Kier alpha value is -1.82. The Morgan fingerprint density at radius 2 is 1.87 bits per heavy atom. The van der Waals surface area contributed by atoms with E-state index in [0.717, 1.165) is 5.56 Å². The number of halogens is 2. The predicted octanol–water partition coefficient (Wildman–Crippen LogP) is 3.32. The first-order chi connectivity index (χ1) is 11.0. The fourth-order valence-corrected chi connectivity index (χ4v) is 2.54. The average molecular weight is 340 g/mol. The Labute approximate surface area is 139 Å². The average Bonchev–Trinajstić information content (AvgIpc) is 2.54. The van der Waals surface area contributed by atoms with Gasteiger partial charge >= 0.3 is 0 Å². The Kier molecular flexibility index (Phi) is 6.21. The zero-order valence-electron chi connectivity index (χ0n) is 13.0. The summed E-state index contributed by atoms with van der Waals surface area (Å²) in [6, 6.07) is 9.38. The van der Waals surface area contributed by atoms with E-state index in [1.54, 1.807) is 25.3 Å². The van der Waals surface area contributed by atoms with Gasteiger partial charge in [0.1, 0.15) is 5.82 Å². The maximum absolute atomic E-state index is 12.9. The van der Waals surface area contributed by atoms with Gasteiger partial charge in [-0.05, 0) is 35.4 Å². The van der Waals surface area contributed by atoms with Crippen molar-refractivity contribution in [1.82, 2.24) is 5.32 Å². The monoisotopic (exact) mass is 339 g/mol. The van der Waals surface area contributed by atoms with Crippen LogP contribution in [0.2, 0.25) is 5.02 Å². The SMILES string of the molecule is COc1cc(CNCC(O)c2ccc(F)cc2)cc(Cl)c1OC. The molecule has 0 aliphatic heterocycles. The molecule has 0 saturated carbocycles. The minimum Gasteiger partial charge on any atom is -0.493 e. The van der Waals surface area contributed by atoms with Crippen LogP contribution in [0, 0.1) is 5.82 Å². The summed E-state index contributed by atoms with van der Waals surface area (Å²) in [5, 5.41) is 13.7. The van der Waals surface area contributed by atoms with E-state index in [-0.39, 0.29) is 5.82 Å². The van der Waals surface area contributed by atoms with Crippen molar-refractivity contribution in [1.29, 1.82) is 0 Å². The van der Waals surface area contributed by atoms with Crippen molar-refractivity contribution >= 4 is 11.6 Å². The quantitative estimate of drug-likeness (QED) is 0.812. The molecule has 2 aromatic rings. The highest BCUT2D eigenvalue weighted by atomic mass is 35.5. The van der Waals surface area contributed by atoms with Crippen LogP contribution < -0.4 is 14.8 Å². The predicted molar refractivity (Wildman–Crippen MR) is 87.6 cm³/mol. The fraction of sp³-hybridized carbons (Fsp3) is 0.294. The van der Waals surface area contributed by atoms with Gasteiger partial charge in [-0.1, -0.05) is 23.7 Å². The van der Waals surface area contributed by atoms with Crippen LogP contribution in [0.25, 0.3) is 0 Å². The second-order valence-corrected chi connectivity index (χ2v) is 5.42. The number of methoxy groups -OCH3 is 2. The molecule has 0 amide bonds. The first-order valence-corrected chi connectivity index (χ1v) is 7.47. The number of aliphatic hydroxyl groups is 1. The standard InChI is InChI=1S/C17H19ClFNO3/c1-22-16-8-11(7-14(18)17(16)23-2)9-20-10-15(21)12-3-5-13(19)6-4-12/h3-8,15,20-21H,9-10H2,1-2H3. The normalized spacial score (nSPS) is 12.0. The summed E-state index contributed by atoms with van der Waals surface area (Å²) in [5.74, 6) is 0.717. The minimum atomic E-state index is -0.716. The van der Waals surface area contributed by atoms with Gasteiger partial charge in [-0.15, -0.1) is 0 Å². The van der Waals surface area contributed by atoms with Gasteiger partial charge in [-0.2, -0.15) is 0 Å². The van der Waals surface area contributed by atoms with Gasteiger partial charge < -0.3 is 19.9 Å². The number of ether oxygens (including phenoxy) is 2. The van der Waals surface area contributed by atoms with Crippen molar-refractivity contribution in [2.24, 2.45) is 0 Å². The van der Waals surface area contributed by atoms with Crippen LogP contribution in [0.15, 0.2) is 36.4 Å². The zero-order chi connectivity index (χ0) is 16.8. The molecule has 0 aliphatic rings. The maximum Gasteiger partial charge on any atom is 0.179 e. The molecule has 0 spiro atoms. The van der Waals surface area contributed by atoms with Crippen LogP contribution >= 0.6 is 11.6 Å². The molecule has 2 rings (SSSR count). The van der Waals surface area contributed by atoms with E-state index in [9.17, 15) is 9.50 Å². The third-order valence-electron chi connectivity index (χ3n) is 3.41. The lowest BCUT2D eigenvalue weighted by Gasteiger charge is -2.14. The highest BCUT2D eigenvalue weighted by Gasteiger charge is 2.12. The van der Waals surface area contributed by atoms with E-state index in [1.165, 1.54) is 19.2 Å². The number of aliphatic hydroxyl groups excluding tert-OH is 1. The van der Waals surface area contributed by atoms with Crippen molar-refractivity contribution in [2.75, 3.05) is 20.8 Å². The number of benzene rings is 2. The van der Waals surface area contributed by atoms with Gasteiger partial charge in [0.2, 0.25) is 0 Å². The molecule has 23 heavy (non-hydrogen) atoms. The summed E-state index contributed by atoms with van der Waals surface area (Å²) in [6.07, 6.45) is -0.716. The molecule has 0 radical (unpaired) electrons. The van der Waals surface area contributed by atoms with E-state index in [4.69, 9.17) is 21.1 Å². The highest BCUT2D eigenvalue weighted by molar-refractivity contribution is 6.32. The first-order valence-electron chi connectivity index (χ1n) is 7.09. The molecule has 0 aromatic heterocycles. The molecule has 6 heteroatoms. The molecule has 0 heterocycles. The lowest BCUT2D eigenvalue weighted by atomic mass is 10.1. The van der Waals surface area contributed by atoms with Crippen LogP contribution in [0.4, 0.5) is 4.39 Å². The summed E-state index contributed by atoms with van der Waals surface area (Å²) in [5.41, 5.74) is 1.56. The molecule has 2 N–H and O–H groups in total. The number of hydrogen-bond acceptors (Lipinski definition) is 4. The van der Waals surface area contributed by atoms with E-state index >= 15 is 0 Å². The Balaban J connectivity index is 1.96. The van der Waals surface area contributed by atoms with Crippen LogP contribution in [-0.2, 0) is 6.54 Å². The maximum atomic E-state index is 12.9. The van der Waals surface area contributed by atoms with Crippen LogP contribution in [0.5, 0.6) is 11.5 Å². The number of rotatable bonds is 7. The van der Waals surface area contributed by atoms with E-state index in [1.807, 2.05) is 6.07 Å². The summed E-state index contributed by atoms with van der Waals surface area (Å²) in [7, 11) is 3.07. The third-order valence-corrected chi connectivity index (χ3v) is 3.70. The molecule has 0 aliphatic carbocycles. The summed E-state index contributed by atoms with van der Waals surface area (Å²) in [6.45, 7) is 0.829. The molecule has 1 atom stereocenters.